The smallest absolute Gasteiger partial charge is 0.337 e. The van der Waals surface area contributed by atoms with E-state index < -0.39 is 11.5 Å². The number of carbonyl (C=O) groups is 2. The topological polar surface area (TPSA) is 101 Å². The summed E-state index contributed by atoms with van der Waals surface area (Å²) in [7, 11) is 0. The van der Waals surface area contributed by atoms with Crippen LogP contribution in [0, 0.1) is 13.8 Å². The third-order valence-electron chi connectivity index (χ3n) is 4.61. The van der Waals surface area contributed by atoms with Gasteiger partial charge in [0.15, 0.2) is 0 Å². The minimum Gasteiger partial charge on any atom is -0.478 e. The SMILES string of the molecule is Cc1cccc(C(C)C)c1NC(=O)Cn1c(C)nc2scc(C(=O)O)c2c1=O. The molecule has 2 N–H and O–H groups in total. The number of aryl methyl sites for hydroxylation is 2. The largest absolute Gasteiger partial charge is 0.478 e. The maximum Gasteiger partial charge on any atom is 0.337 e. The highest BCUT2D eigenvalue weighted by molar-refractivity contribution is 7.17. The van der Waals surface area contributed by atoms with Gasteiger partial charge in [0.25, 0.3) is 5.56 Å². The number of amides is 1. The number of anilines is 1. The molecule has 0 saturated heterocycles. The fraction of sp³-hybridized carbons (Fsp3) is 0.300. The lowest BCUT2D eigenvalue weighted by molar-refractivity contribution is -0.116. The second-order valence-corrected chi connectivity index (χ2v) is 7.79. The Balaban J connectivity index is 1.98. The predicted molar refractivity (Wildman–Crippen MR) is 109 cm³/mol. The molecule has 0 aliphatic rings. The summed E-state index contributed by atoms with van der Waals surface area (Å²) in [6, 6.07) is 5.82. The number of para-hydroxylation sites is 1. The summed E-state index contributed by atoms with van der Waals surface area (Å²) in [6.07, 6.45) is 0. The van der Waals surface area contributed by atoms with E-state index in [1.54, 1.807) is 6.92 Å². The van der Waals surface area contributed by atoms with Gasteiger partial charge < -0.3 is 10.4 Å². The number of nitrogens with zero attached hydrogens (tertiary/aromatic N) is 2. The number of thiophene rings is 1. The Morgan fingerprint density at radius 1 is 1.29 bits per heavy atom. The molecule has 0 radical (unpaired) electrons. The van der Waals surface area contributed by atoms with Crippen LogP contribution in [0.15, 0.2) is 28.4 Å². The molecule has 0 saturated carbocycles. The first-order chi connectivity index (χ1) is 13.2. The second kappa shape index (κ2) is 7.55. The number of aromatic nitrogens is 2. The summed E-state index contributed by atoms with van der Waals surface area (Å²) in [4.78, 5) is 41.6. The number of benzene rings is 1. The molecular weight excluding hydrogens is 378 g/mol. The first kappa shape index (κ1) is 19.8. The Morgan fingerprint density at radius 2 is 2.00 bits per heavy atom. The number of hydrogen-bond acceptors (Lipinski definition) is 5. The Bertz CT molecular complexity index is 1140. The summed E-state index contributed by atoms with van der Waals surface area (Å²) in [5, 5.41) is 13.6. The molecule has 3 aromatic rings. The maximum atomic E-state index is 12.9. The molecule has 146 valence electrons. The summed E-state index contributed by atoms with van der Waals surface area (Å²) in [5.74, 6) is -0.969. The number of carboxylic acids is 1. The van der Waals surface area contributed by atoms with Crippen molar-refractivity contribution in [1.82, 2.24) is 9.55 Å². The van der Waals surface area contributed by atoms with Crippen LogP contribution < -0.4 is 10.9 Å². The minimum atomic E-state index is -1.19. The zero-order valence-electron chi connectivity index (χ0n) is 16.1. The lowest BCUT2D eigenvalue weighted by Gasteiger charge is -2.17. The monoisotopic (exact) mass is 399 g/mol. The van der Waals surface area contributed by atoms with Gasteiger partial charge in [-0.3, -0.25) is 14.2 Å². The van der Waals surface area contributed by atoms with E-state index in [2.05, 4.69) is 10.3 Å². The van der Waals surface area contributed by atoms with E-state index in [1.807, 2.05) is 39.0 Å². The van der Waals surface area contributed by atoms with E-state index in [0.717, 1.165) is 28.2 Å². The van der Waals surface area contributed by atoms with Crippen LogP contribution in [0.2, 0.25) is 0 Å². The molecule has 2 aromatic heterocycles. The van der Waals surface area contributed by atoms with Crippen LogP contribution in [0.3, 0.4) is 0 Å². The van der Waals surface area contributed by atoms with Gasteiger partial charge in [0, 0.05) is 11.1 Å². The van der Waals surface area contributed by atoms with E-state index in [0.29, 0.717) is 10.7 Å². The van der Waals surface area contributed by atoms with Crippen molar-refractivity contribution in [3.8, 4) is 0 Å². The van der Waals surface area contributed by atoms with Crippen LogP contribution in [0.1, 0.15) is 47.1 Å². The summed E-state index contributed by atoms with van der Waals surface area (Å²) >= 11 is 1.10. The lowest BCUT2D eigenvalue weighted by atomic mass is 9.98. The highest BCUT2D eigenvalue weighted by Crippen LogP contribution is 2.27. The molecule has 28 heavy (non-hydrogen) atoms. The van der Waals surface area contributed by atoms with E-state index in [4.69, 9.17) is 0 Å². The molecule has 0 fully saturated rings. The van der Waals surface area contributed by atoms with Gasteiger partial charge >= 0.3 is 5.97 Å². The van der Waals surface area contributed by atoms with Crippen LogP contribution in [0.25, 0.3) is 10.2 Å². The normalized spacial score (nSPS) is 11.2. The molecule has 0 atom stereocenters. The van der Waals surface area contributed by atoms with Gasteiger partial charge in [0.05, 0.1) is 10.9 Å². The molecule has 7 nitrogen and oxygen atoms in total. The number of carboxylic acid groups (broad SMARTS) is 1. The number of fused-ring (bicyclic) bond motifs is 1. The third-order valence-corrected chi connectivity index (χ3v) is 5.48. The highest BCUT2D eigenvalue weighted by atomic mass is 32.1. The summed E-state index contributed by atoms with van der Waals surface area (Å²) < 4.78 is 1.21. The first-order valence-electron chi connectivity index (χ1n) is 8.82. The third kappa shape index (κ3) is 3.55. The van der Waals surface area contributed by atoms with E-state index in [1.165, 1.54) is 9.95 Å². The number of aromatic carboxylic acids is 1. The van der Waals surface area contributed by atoms with Crippen LogP contribution in [-0.4, -0.2) is 26.5 Å². The van der Waals surface area contributed by atoms with Gasteiger partial charge in [-0.2, -0.15) is 0 Å². The molecule has 0 spiro atoms. The van der Waals surface area contributed by atoms with Gasteiger partial charge in [0.1, 0.15) is 17.2 Å². The Morgan fingerprint density at radius 3 is 2.64 bits per heavy atom. The second-order valence-electron chi connectivity index (χ2n) is 6.93. The molecule has 1 amide bonds. The van der Waals surface area contributed by atoms with Crippen LogP contribution in [-0.2, 0) is 11.3 Å². The summed E-state index contributed by atoms with van der Waals surface area (Å²) in [6.45, 7) is 7.38. The maximum absolute atomic E-state index is 12.9. The van der Waals surface area contributed by atoms with E-state index >= 15 is 0 Å². The number of nitrogens with one attached hydrogen (secondary N) is 1. The van der Waals surface area contributed by atoms with Gasteiger partial charge in [0.2, 0.25) is 5.91 Å². The fourth-order valence-electron chi connectivity index (χ4n) is 3.13. The quantitative estimate of drug-likeness (QED) is 0.683. The van der Waals surface area contributed by atoms with Crippen LogP contribution in [0.5, 0.6) is 0 Å². The van der Waals surface area contributed by atoms with Crippen LogP contribution >= 0.6 is 11.3 Å². The number of rotatable bonds is 5. The van der Waals surface area contributed by atoms with Crippen molar-refractivity contribution in [1.29, 1.82) is 0 Å². The summed E-state index contributed by atoms with van der Waals surface area (Å²) in [5.41, 5.74) is 2.07. The zero-order valence-corrected chi connectivity index (χ0v) is 16.9. The van der Waals surface area contributed by atoms with Crippen molar-refractivity contribution in [2.45, 2.75) is 40.2 Å². The zero-order chi connectivity index (χ0) is 20.6. The molecule has 0 aliphatic carbocycles. The van der Waals surface area contributed by atoms with Gasteiger partial charge in [-0.25, -0.2) is 9.78 Å². The molecule has 0 aliphatic heterocycles. The van der Waals surface area contributed by atoms with E-state index in [-0.39, 0.29) is 29.3 Å². The van der Waals surface area contributed by atoms with Crippen molar-refractivity contribution in [2.24, 2.45) is 0 Å². The molecule has 1 aromatic carbocycles. The Hall–Kier alpha value is -3.00. The molecule has 2 heterocycles. The van der Waals surface area contributed by atoms with Crippen molar-refractivity contribution in [2.75, 3.05) is 5.32 Å². The Labute approximate surface area is 165 Å². The van der Waals surface area contributed by atoms with Crippen molar-refractivity contribution in [3.05, 3.63) is 56.4 Å². The molecule has 8 heteroatoms. The standard InChI is InChI=1S/C20H21N3O4S/c1-10(2)13-7-5-6-11(3)17(13)22-15(24)8-23-12(4)21-18-16(19(23)25)14(9-28-18)20(26)27/h5-7,9-10H,8H2,1-4H3,(H,22,24)(H,26,27). The fourth-order valence-corrected chi connectivity index (χ4v) is 4.08. The van der Waals surface area contributed by atoms with Gasteiger partial charge in [-0.1, -0.05) is 32.0 Å². The molecule has 3 rings (SSSR count). The number of carbonyl (C=O) groups excluding carboxylic acids is 1. The van der Waals surface area contributed by atoms with Crippen molar-refractivity contribution >= 4 is 39.1 Å². The van der Waals surface area contributed by atoms with E-state index in [9.17, 15) is 19.5 Å². The molecule has 0 bridgehead atoms. The Kier molecular flexibility index (Phi) is 5.33. The average Bonchev–Trinajstić information content (AvgIpc) is 3.04. The molecule has 0 unspecified atom stereocenters. The van der Waals surface area contributed by atoms with Crippen molar-refractivity contribution < 1.29 is 14.7 Å². The van der Waals surface area contributed by atoms with Crippen molar-refractivity contribution in [3.63, 3.8) is 0 Å². The van der Waals surface area contributed by atoms with Crippen LogP contribution in [0.4, 0.5) is 5.69 Å². The number of hydrogen-bond donors (Lipinski definition) is 2. The van der Waals surface area contributed by atoms with Gasteiger partial charge in [-0.05, 0) is 30.9 Å². The minimum absolute atomic E-state index is 0.0367. The highest BCUT2D eigenvalue weighted by Gasteiger charge is 2.20. The first-order valence-corrected chi connectivity index (χ1v) is 9.70. The average molecular weight is 399 g/mol. The lowest BCUT2D eigenvalue weighted by Crippen LogP contribution is -2.30. The van der Waals surface area contributed by atoms with Gasteiger partial charge in [-0.15, -0.1) is 11.3 Å². The molecular formula is C20H21N3O4S. The predicted octanol–water partition coefficient (Wildman–Crippen LogP) is 3.54.